The molecule has 29 heavy (non-hydrogen) atoms. The third-order valence-corrected chi connectivity index (χ3v) is 4.49. The van der Waals surface area contributed by atoms with Gasteiger partial charge in [-0.15, -0.1) is 0 Å². The maximum absolute atomic E-state index is 12.4. The SMILES string of the molecule is O=C(Cc1ccccc1)N/N=C(\CNC(=O)c1ccccc1Cl)c1ccccc1. The van der Waals surface area contributed by atoms with E-state index in [1.54, 1.807) is 24.3 Å². The first kappa shape index (κ1) is 20.3. The van der Waals surface area contributed by atoms with Crippen LogP contribution in [0.4, 0.5) is 0 Å². The molecule has 0 saturated carbocycles. The van der Waals surface area contributed by atoms with Crippen LogP contribution in [0.5, 0.6) is 0 Å². The highest BCUT2D eigenvalue weighted by Gasteiger charge is 2.12. The molecule has 0 aliphatic heterocycles. The molecule has 0 atom stereocenters. The predicted molar refractivity (Wildman–Crippen MR) is 115 cm³/mol. The van der Waals surface area contributed by atoms with Crippen LogP contribution in [0.2, 0.25) is 5.02 Å². The van der Waals surface area contributed by atoms with Crippen molar-refractivity contribution >= 4 is 29.1 Å². The van der Waals surface area contributed by atoms with Crippen LogP contribution in [-0.4, -0.2) is 24.1 Å². The zero-order valence-electron chi connectivity index (χ0n) is 15.6. The van der Waals surface area contributed by atoms with Gasteiger partial charge in [0.05, 0.1) is 29.3 Å². The minimum atomic E-state index is -0.310. The number of benzene rings is 3. The van der Waals surface area contributed by atoms with Crippen LogP contribution in [-0.2, 0) is 11.2 Å². The number of hydrogen-bond donors (Lipinski definition) is 2. The topological polar surface area (TPSA) is 70.6 Å². The van der Waals surface area contributed by atoms with E-state index in [4.69, 9.17) is 11.6 Å². The predicted octanol–water partition coefficient (Wildman–Crippen LogP) is 3.83. The lowest BCUT2D eigenvalue weighted by Gasteiger charge is -2.10. The summed E-state index contributed by atoms with van der Waals surface area (Å²) < 4.78 is 0. The van der Waals surface area contributed by atoms with Gasteiger partial charge in [-0.3, -0.25) is 9.59 Å². The van der Waals surface area contributed by atoms with Gasteiger partial charge >= 0.3 is 0 Å². The van der Waals surface area contributed by atoms with Crippen LogP contribution in [0, 0.1) is 0 Å². The lowest BCUT2D eigenvalue weighted by Crippen LogP contribution is -2.32. The Morgan fingerprint density at radius 2 is 1.45 bits per heavy atom. The zero-order valence-corrected chi connectivity index (χ0v) is 16.4. The molecule has 5 nitrogen and oxygen atoms in total. The summed E-state index contributed by atoms with van der Waals surface area (Å²) in [6.07, 6.45) is 0.221. The molecule has 0 radical (unpaired) electrons. The van der Waals surface area contributed by atoms with E-state index in [0.29, 0.717) is 16.3 Å². The van der Waals surface area contributed by atoms with E-state index in [2.05, 4.69) is 15.8 Å². The van der Waals surface area contributed by atoms with E-state index < -0.39 is 0 Å². The van der Waals surface area contributed by atoms with Crippen LogP contribution in [0.15, 0.2) is 90.0 Å². The Morgan fingerprint density at radius 1 is 0.828 bits per heavy atom. The number of carbonyl (C=O) groups excluding carboxylic acids is 2. The number of nitrogens with zero attached hydrogens (tertiary/aromatic N) is 1. The fraction of sp³-hybridized carbons (Fsp3) is 0.0870. The van der Waals surface area contributed by atoms with E-state index in [-0.39, 0.29) is 24.8 Å². The monoisotopic (exact) mass is 405 g/mol. The van der Waals surface area contributed by atoms with Crippen molar-refractivity contribution < 1.29 is 9.59 Å². The van der Waals surface area contributed by atoms with Crippen molar-refractivity contribution in [3.05, 3.63) is 107 Å². The molecule has 146 valence electrons. The third-order valence-electron chi connectivity index (χ3n) is 4.16. The largest absolute Gasteiger partial charge is 0.346 e. The molecule has 0 saturated heterocycles. The van der Waals surface area contributed by atoms with Crippen LogP contribution in [0.25, 0.3) is 0 Å². The Balaban J connectivity index is 1.69. The molecule has 0 unspecified atom stereocenters. The van der Waals surface area contributed by atoms with Gasteiger partial charge in [-0.2, -0.15) is 5.10 Å². The normalized spacial score (nSPS) is 11.0. The van der Waals surface area contributed by atoms with Crippen molar-refractivity contribution in [2.45, 2.75) is 6.42 Å². The Labute approximate surface area is 174 Å². The number of rotatable bonds is 7. The summed E-state index contributed by atoms with van der Waals surface area (Å²) in [5, 5.41) is 7.43. The standard InChI is InChI=1S/C23H20ClN3O2/c24-20-14-8-7-13-19(20)23(29)25-16-21(18-11-5-2-6-12-18)26-27-22(28)15-17-9-3-1-4-10-17/h1-14H,15-16H2,(H,25,29)(H,27,28)/b26-21+. The first-order valence-corrected chi connectivity index (χ1v) is 9.49. The molecular formula is C23H20ClN3O2. The fourth-order valence-electron chi connectivity index (χ4n) is 2.69. The maximum Gasteiger partial charge on any atom is 0.253 e. The number of hydrogen-bond acceptors (Lipinski definition) is 3. The molecule has 0 heterocycles. The van der Waals surface area contributed by atoms with E-state index in [1.807, 2.05) is 60.7 Å². The van der Waals surface area contributed by atoms with E-state index >= 15 is 0 Å². The van der Waals surface area contributed by atoms with Crippen molar-refractivity contribution in [3.63, 3.8) is 0 Å². The molecule has 0 bridgehead atoms. The second kappa shape index (κ2) is 10.2. The number of hydrazone groups is 1. The van der Waals surface area contributed by atoms with Gasteiger partial charge in [0.15, 0.2) is 0 Å². The minimum Gasteiger partial charge on any atom is -0.346 e. The van der Waals surface area contributed by atoms with E-state index in [1.165, 1.54) is 0 Å². The third kappa shape index (κ3) is 6.02. The van der Waals surface area contributed by atoms with Crippen LogP contribution in [0.3, 0.4) is 0 Å². The summed E-state index contributed by atoms with van der Waals surface area (Å²) in [4.78, 5) is 24.7. The van der Waals surface area contributed by atoms with Gasteiger partial charge in [-0.1, -0.05) is 84.4 Å². The average molecular weight is 406 g/mol. The van der Waals surface area contributed by atoms with Gasteiger partial charge in [0.2, 0.25) is 5.91 Å². The van der Waals surface area contributed by atoms with Crippen LogP contribution >= 0.6 is 11.6 Å². The maximum atomic E-state index is 12.4. The molecule has 0 spiro atoms. The van der Waals surface area contributed by atoms with Crippen LogP contribution < -0.4 is 10.7 Å². The lowest BCUT2D eigenvalue weighted by atomic mass is 10.1. The van der Waals surface area contributed by atoms with Crippen molar-refractivity contribution in [2.24, 2.45) is 5.10 Å². The van der Waals surface area contributed by atoms with E-state index in [0.717, 1.165) is 11.1 Å². The molecule has 2 amide bonds. The summed E-state index contributed by atoms with van der Waals surface area (Å²) in [5.41, 5.74) is 5.19. The molecular weight excluding hydrogens is 386 g/mol. The molecule has 3 rings (SSSR count). The molecule has 6 heteroatoms. The molecule has 3 aromatic carbocycles. The van der Waals surface area contributed by atoms with Gasteiger partial charge in [-0.05, 0) is 23.3 Å². The Morgan fingerprint density at radius 3 is 2.14 bits per heavy atom. The first-order valence-electron chi connectivity index (χ1n) is 9.11. The fourth-order valence-corrected chi connectivity index (χ4v) is 2.91. The molecule has 0 aliphatic carbocycles. The molecule has 0 aromatic heterocycles. The average Bonchev–Trinajstić information content (AvgIpc) is 2.75. The van der Waals surface area contributed by atoms with Crippen molar-refractivity contribution in [2.75, 3.05) is 6.54 Å². The molecule has 0 fully saturated rings. The smallest absolute Gasteiger partial charge is 0.253 e. The summed E-state index contributed by atoms with van der Waals surface area (Å²) in [7, 11) is 0. The molecule has 3 aromatic rings. The Kier molecular flexibility index (Phi) is 7.14. The van der Waals surface area contributed by atoms with Gasteiger partial charge in [0.25, 0.3) is 5.91 Å². The van der Waals surface area contributed by atoms with Gasteiger partial charge in [0, 0.05) is 0 Å². The Hall–Kier alpha value is -3.44. The number of amides is 2. The van der Waals surface area contributed by atoms with Gasteiger partial charge in [-0.25, -0.2) is 5.43 Å². The highest BCUT2D eigenvalue weighted by Crippen LogP contribution is 2.14. The summed E-state index contributed by atoms with van der Waals surface area (Å²) in [6, 6.07) is 25.6. The van der Waals surface area contributed by atoms with Crippen molar-refractivity contribution in [1.29, 1.82) is 0 Å². The Bertz CT molecular complexity index is 1000. The molecule has 2 N–H and O–H groups in total. The number of halogens is 1. The molecule has 0 aliphatic rings. The van der Waals surface area contributed by atoms with Crippen LogP contribution in [0.1, 0.15) is 21.5 Å². The summed E-state index contributed by atoms with van der Waals surface area (Å²) in [6.45, 7) is 0.139. The first-order chi connectivity index (χ1) is 14.1. The zero-order chi connectivity index (χ0) is 20.5. The number of carbonyl (C=O) groups is 2. The van der Waals surface area contributed by atoms with Crippen molar-refractivity contribution in [3.8, 4) is 0 Å². The van der Waals surface area contributed by atoms with Crippen molar-refractivity contribution in [1.82, 2.24) is 10.7 Å². The summed E-state index contributed by atoms with van der Waals surface area (Å²) >= 11 is 6.08. The van der Waals surface area contributed by atoms with Gasteiger partial charge < -0.3 is 5.32 Å². The number of nitrogens with one attached hydrogen (secondary N) is 2. The van der Waals surface area contributed by atoms with Gasteiger partial charge in [0.1, 0.15) is 0 Å². The second-order valence-electron chi connectivity index (χ2n) is 6.28. The lowest BCUT2D eigenvalue weighted by molar-refractivity contribution is -0.120. The minimum absolute atomic E-state index is 0.139. The highest BCUT2D eigenvalue weighted by atomic mass is 35.5. The quantitative estimate of drug-likeness (QED) is 0.463. The van der Waals surface area contributed by atoms with E-state index in [9.17, 15) is 9.59 Å². The summed E-state index contributed by atoms with van der Waals surface area (Å²) in [5.74, 6) is -0.545. The second-order valence-corrected chi connectivity index (χ2v) is 6.69. The highest BCUT2D eigenvalue weighted by molar-refractivity contribution is 6.33.